The van der Waals surface area contributed by atoms with E-state index in [0.717, 1.165) is 38.7 Å². The van der Waals surface area contributed by atoms with E-state index in [2.05, 4.69) is 6.58 Å². The fraction of sp³-hybridized carbons (Fsp3) is 0.273. The molecule has 3 heterocycles. The van der Waals surface area contributed by atoms with Gasteiger partial charge in [0.1, 0.15) is 18.0 Å². The van der Waals surface area contributed by atoms with Crippen molar-refractivity contribution in [1.29, 1.82) is 0 Å². The molecular weight excluding hydrogens is 709 g/mol. The van der Waals surface area contributed by atoms with Crippen molar-refractivity contribution < 1.29 is 29.1 Å². The van der Waals surface area contributed by atoms with Crippen LogP contribution < -0.4 is 0 Å². The van der Waals surface area contributed by atoms with E-state index in [1.54, 1.807) is 69.3 Å². The minimum absolute atomic E-state index is 0.0669. The van der Waals surface area contributed by atoms with Gasteiger partial charge >= 0.3 is 0 Å². The Balaban J connectivity index is 1.24. The van der Waals surface area contributed by atoms with Gasteiger partial charge in [-0.15, -0.1) is 6.58 Å². The minimum atomic E-state index is -0.886. The number of fused-ring (bicyclic) bond motifs is 2. The number of hydroxylamine groups is 2. The van der Waals surface area contributed by atoms with Crippen LogP contribution in [0.15, 0.2) is 116 Å². The van der Waals surface area contributed by atoms with Gasteiger partial charge in [-0.1, -0.05) is 78.9 Å². The highest BCUT2D eigenvalue weighted by Gasteiger charge is 2.51. The van der Waals surface area contributed by atoms with Crippen LogP contribution in [0.2, 0.25) is 0 Å². The van der Waals surface area contributed by atoms with Crippen LogP contribution in [-0.4, -0.2) is 104 Å². The van der Waals surface area contributed by atoms with Gasteiger partial charge in [-0.25, -0.2) is 15.1 Å². The van der Waals surface area contributed by atoms with E-state index >= 15 is 0 Å². The van der Waals surface area contributed by atoms with Crippen LogP contribution in [-0.2, 0) is 45.7 Å². The summed E-state index contributed by atoms with van der Waals surface area (Å²) in [6.07, 6.45) is 3.93. The number of hydrogen-bond donors (Lipinski definition) is 1. The summed E-state index contributed by atoms with van der Waals surface area (Å²) in [7, 11) is 4.97. The van der Waals surface area contributed by atoms with Gasteiger partial charge in [0.15, 0.2) is 0 Å². The molecule has 2 fully saturated rings. The Kier molecular flexibility index (Phi) is 11.0. The number of carbonyl (C=O) groups is 4. The Morgan fingerprint density at radius 3 is 2.38 bits per heavy atom. The third kappa shape index (κ3) is 7.53. The summed E-state index contributed by atoms with van der Waals surface area (Å²) < 4.78 is 2.04. The number of phenols is 1. The van der Waals surface area contributed by atoms with Gasteiger partial charge < -0.3 is 19.5 Å². The fourth-order valence-electron chi connectivity index (χ4n) is 7.94. The molecule has 0 radical (unpaired) electrons. The van der Waals surface area contributed by atoms with E-state index in [4.69, 9.17) is 4.84 Å². The number of phenolic OH excluding ortho intramolecular Hbond substituents is 1. The highest BCUT2D eigenvalue weighted by Crippen LogP contribution is 2.35. The maximum atomic E-state index is 14.7. The lowest BCUT2D eigenvalue weighted by atomic mass is 9.97. The molecule has 2 aliphatic heterocycles. The predicted molar refractivity (Wildman–Crippen MR) is 212 cm³/mol. The summed E-state index contributed by atoms with van der Waals surface area (Å²) in [5, 5.41) is 15.6. The number of hydrogen-bond acceptors (Lipinski definition) is 7. The Bertz CT molecular complexity index is 2250. The van der Waals surface area contributed by atoms with Gasteiger partial charge in [-0.05, 0) is 52.9 Å². The van der Waals surface area contributed by atoms with Crippen LogP contribution in [0.1, 0.15) is 33.5 Å². The van der Waals surface area contributed by atoms with Crippen LogP contribution >= 0.6 is 0 Å². The molecule has 0 bridgehead atoms. The molecule has 56 heavy (non-hydrogen) atoms. The highest BCUT2D eigenvalue weighted by atomic mass is 16.7. The lowest BCUT2D eigenvalue weighted by Gasteiger charge is -2.55. The molecule has 4 amide bonds. The second kappa shape index (κ2) is 16.2. The number of aromatic hydroxyl groups is 1. The lowest BCUT2D eigenvalue weighted by molar-refractivity contribution is -0.205. The normalized spacial score (nSPS) is 17.3. The molecule has 2 saturated heterocycles. The molecule has 2 aliphatic rings. The summed E-state index contributed by atoms with van der Waals surface area (Å²) in [5.41, 5.74) is 6.05. The maximum absolute atomic E-state index is 14.7. The van der Waals surface area contributed by atoms with Gasteiger partial charge in [-0.2, -0.15) is 0 Å². The van der Waals surface area contributed by atoms with Gasteiger partial charge in [-0.3, -0.25) is 24.0 Å². The van der Waals surface area contributed by atoms with Crippen molar-refractivity contribution in [3.8, 4) is 16.9 Å². The topological polar surface area (TPSA) is 119 Å². The zero-order chi connectivity index (χ0) is 39.5. The van der Waals surface area contributed by atoms with Crippen molar-refractivity contribution in [2.75, 3.05) is 33.8 Å². The number of aryl methyl sites for hydroxylation is 2. The third-order valence-electron chi connectivity index (χ3n) is 10.7. The summed E-state index contributed by atoms with van der Waals surface area (Å²) in [4.78, 5) is 64.1. The Morgan fingerprint density at radius 2 is 1.68 bits per heavy atom. The molecule has 12 heteroatoms. The second-order valence-corrected chi connectivity index (χ2v) is 14.3. The van der Waals surface area contributed by atoms with E-state index in [9.17, 15) is 24.3 Å². The molecule has 0 aliphatic carbocycles. The molecule has 1 N–H and O–H groups in total. The first-order chi connectivity index (χ1) is 27.1. The maximum Gasteiger partial charge on any atom is 0.277 e. The molecule has 0 saturated carbocycles. The van der Waals surface area contributed by atoms with Crippen LogP contribution in [0.3, 0.4) is 0 Å². The monoisotopic (exact) mass is 754 g/mol. The van der Waals surface area contributed by atoms with E-state index < -0.39 is 12.2 Å². The largest absolute Gasteiger partial charge is 0.508 e. The SMILES string of the molecule is C=CCN1CC(=O)N2[C@@H](Cc3ccc(O)cc3)C(=O)N(Cc3cccc4c(-c5ccc(C(=O)N(C)OC)cc5)cn(C)c34)C[C@@H]2N1C(=O)CCc1ccccc1. The van der Waals surface area contributed by atoms with Crippen LogP contribution in [0.4, 0.5) is 0 Å². The number of aromatic nitrogens is 1. The van der Waals surface area contributed by atoms with E-state index in [1.807, 2.05) is 78.5 Å². The van der Waals surface area contributed by atoms with Gasteiger partial charge in [0.2, 0.25) is 17.7 Å². The lowest BCUT2D eigenvalue weighted by Crippen LogP contribution is -2.75. The number of benzene rings is 4. The number of para-hydroxylation sites is 1. The van der Waals surface area contributed by atoms with Gasteiger partial charge in [0.05, 0.1) is 25.7 Å². The average Bonchev–Trinajstić information content (AvgIpc) is 3.56. The number of piperazine rings is 1. The van der Waals surface area contributed by atoms with Crippen LogP contribution in [0, 0.1) is 0 Å². The molecule has 288 valence electrons. The van der Waals surface area contributed by atoms with E-state index in [1.165, 1.54) is 12.2 Å². The molecule has 1 aromatic heterocycles. The smallest absolute Gasteiger partial charge is 0.277 e. The first kappa shape index (κ1) is 38.1. The molecule has 7 rings (SSSR count). The van der Waals surface area contributed by atoms with Crippen LogP contribution in [0.5, 0.6) is 5.75 Å². The molecule has 4 aromatic carbocycles. The average molecular weight is 755 g/mol. The zero-order valence-corrected chi connectivity index (χ0v) is 31.9. The van der Waals surface area contributed by atoms with Crippen molar-refractivity contribution in [3.05, 3.63) is 138 Å². The summed E-state index contributed by atoms with van der Waals surface area (Å²) in [6, 6.07) is 28.9. The first-order valence-corrected chi connectivity index (χ1v) is 18.7. The Hall–Kier alpha value is -6.24. The fourth-order valence-corrected chi connectivity index (χ4v) is 7.94. The van der Waals surface area contributed by atoms with Crippen molar-refractivity contribution in [2.24, 2.45) is 7.05 Å². The molecule has 5 aromatic rings. The quantitative estimate of drug-likeness (QED) is 0.138. The molecule has 12 nitrogen and oxygen atoms in total. The van der Waals surface area contributed by atoms with E-state index in [0.29, 0.717) is 12.0 Å². The third-order valence-corrected chi connectivity index (χ3v) is 10.7. The van der Waals surface area contributed by atoms with Crippen molar-refractivity contribution in [2.45, 2.75) is 38.0 Å². The van der Waals surface area contributed by atoms with Crippen LogP contribution in [0.25, 0.3) is 22.0 Å². The number of nitrogens with zero attached hydrogens (tertiary/aromatic N) is 6. The molecule has 0 spiro atoms. The number of carbonyl (C=O) groups excluding carboxylic acids is 4. The van der Waals surface area contributed by atoms with Crippen molar-refractivity contribution in [3.63, 3.8) is 0 Å². The van der Waals surface area contributed by atoms with Gasteiger partial charge in [0, 0.05) is 62.7 Å². The second-order valence-electron chi connectivity index (χ2n) is 14.3. The standard InChI is InChI=1S/C44H46N6O6/c1-5-24-48-29-41(53)49-38(25-31-14-21-35(51)22-15-31)44(55)47(28-39(49)50(48)40(52)23-16-30-10-7-6-8-11-30)26-34-12-9-13-36-37(27-45(2)42(34)36)32-17-19-33(20-18-32)43(54)46(3)56-4/h5-15,17-22,27,38-39,51H,1,16,23-26,28-29H2,2-4H3/t38-,39-/m0/s1. The number of amides is 4. The van der Waals surface area contributed by atoms with E-state index in [-0.39, 0.29) is 68.4 Å². The number of hydrazine groups is 1. The molecular formula is C44H46N6O6. The molecule has 2 atom stereocenters. The highest BCUT2D eigenvalue weighted by molar-refractivity contribution is 5.99. The minimum Gasteiger partial charge on any atom is -0.508 e. The summed E-state index contributed by atoms with van der Waals surface area (Å²) >= 11 is 0. The van der Waals surface area contributed by atoms with Crippen molar-refractivity contribution in [1.82, 2.24) is 29.4 Å². The molecule has 0 unspecified atom stereocenters. The predicted octanol–water partition coefficient (Wildman–Crippen LogP) is 5.17. The Morgan fingerprint density at radius 1 is 0.946 bits per heavy atom. The Labute approximate surface area is 326 Å². The summed E-state index contributed by atoms with van der Waals surface area (Å²) in [5.74, 6) is -0.755. The first-order valence-electron chi connectivity index (χ1n) is 18.7. The zero-order valence-electron chi connectivity index (χ0n) is 31.9. The summed E-state index contributed by atoms with van der Waals surface area (Å²) in [6.45, 7) is 4.47. The van der Waals surface area contributed by atoms with Crippen molar-refractivity contribution >= 4 is 34.5 Å². The van der Waals surface area contributed by atoms with Gasteiger partial charge in [0.25, 0.3) is 5.91 Å². The number of rotatable bonds is 12.